The molecule has 1 aliphatic rings. The van der Waals surface area contributed by atoms with Gasteiger partial charge < -0.3 is 4.57 Å². The fraction of sp³-hybridized carbons (Fsp3) is 0.263. The van der Waals surface area contributed by atoms with Gasteiger partial charge in [0.1, 0.15) is 18.4 Å². The Hall–Kier alpha value is -2.42. The Bertz CT molecular complexity index is 1040. The van der Waals surface area contributed by atoms with Gasteiger partial charge in [0.25, 0.3) is 0 Å². The van der Waals surface area contributed by atoms with Crippen LogP contribution in [0.5, 0.6) is 0 Å². The van der Waals surface area contributed by atoms with Crippen molar-refractivity contribution in [2.45, 2.75) is 27.1 Å². The lowest BCUT2D eigenvalue weighted by atomic mass is 10.0. The van der Waals surface area contributed by atoms with Crippen LogP contribution in [-0.2, 0) is 13.5 Å². The molecule has 0 saturated carbocycles. The van der Waals surface area contributed by atoms with Gasteiger partial charge in [-0.05, 0) is 37.9 Å². The Morgan fingerprint density at radius 2 is 2.09 bits per heavy atom. The molecule has 1 aromatic carbocycles. The van der Waals surface area contributed by atoms with Crippen molar-refractivity contribution in [1.82, 2.24) is 9.55 Å². The molecule has 0 spiro atoms. The molecule has 3 aromatic rings. The molecular formula is C19H20N3+. The van der Waals surface area contributed by atoms with E-state index in [4.69, 9.17) is 9.10 Å². The maximum absolute atomic E-state index is 7.72. The number of allylic oxidation sites excluding steroid dienone is 1. The third kappa shape index (κ3) is 1.75. The zero-order valence-electron chi connectivity index (χ0n) is 16.0. The SMILES string of the molecule is [2H]C([2H])([2H])c1c[n+](C)c(-c2c(C)ccc3c2nc2n3C=CC2)cc1C. The Kier molecular flexibility index (Phi) is 2.13. The molecule has 0 bridgehead atoms. The lowest BCUT2D eigenvalue weighted by molar-refractivity contribution is -0.660. The fourth-order valence-corrected chi connectivity index (χ4v) is 3.21. The molecule has 0 radical (unpaired) electrons. The Balaban J connectivity index is 2.01. The summed E-state index contributed by atoms with van der Waals surface area (Å²) in [6, 6.07) is 6.17. The van der Waals surface area contributed by atoms with E-state index in [9.17, 15) is 0 Å². The Morgan fingerprint density at radius 3 is 2.91 bits per heavy atom. The van der Waals surface area contributed by atoms with Gasteiger partial charge in [-0.3, -0.25) is 0 Å². The van der Waals surface area contributed by atoms with Crippen LogP contribution in [0.25, 0.3) is 28.5 Å². The predicted molar refractivity (Wildman–Crippen MR) is 89.6 cm³/mol. The van der Waals surface area contributed by atoms with E-state index in [1.54, 1.807) is 6.20 Å². The zero-order valence-corrected chi connectivity index (χ0v) is 13.0. The number of pyridine rings is 1. The normalized spacial score (nSPS) is 15.7. The molecule has 3 nitrogen and oxygen atoms in total. The van der Waals surface area contributed by atoms with E-state index >= 15 is 0 Å². The first-order valence-corrected chi connectivity index (χ1v) is 7.45. The lowest BCUT2D eigenvalue weighted by Crippen LogP contribution is -2.31. The number of nitrogens with zero attached hydrogens (tertiary/aromatic N) is 3. The lowest BCUT2D eigenvalue weighted by Gasteiger charge is -2.08. The van der Waals surface area contributed by atoms with Gasteiger partial charge in [0, 0.05) is 28.4 Å². The summed E-state index contributed by atoms with van der Waals surface area (Å²) in [5.74, 6) is 1.04. The largest absolute Gasteiger partial charge is 0.303 e. The second-order valence-corrected chi connectivity index (χ2v) is 5.98. The van der Waals surface area contributed by atoms with Crippen molar-refractivity contribution in [3.05, 3.63) is 53.0 Å². The number of hydrogen-bond donors (Lipinski definition) is 0. The first-order chi connectivity index (χ1) is 11.8. The van der Waals surface area contributed by atoms with E-state index in [1.165, 1.54) is 0 Å². The summed E-state index contributed by atoms with van der Waals surface area (Å²) in [6.07, 6.45) is 6.74. The molecule has 4 rings (SSSR count). The molecule has 3 heteroatoms. The molecule has 22 heavy (non-hydrogen) atoms. The Labute approximate surface area is 134 Å². The van der Waals surface area contributed by atoms with Crippen molar-refractivity contribution >= 4 is 17.2 Å². The van der Waals surface area contributed by atoms with Crippen molar-refractivity contribution in [3.63, 3.8) is 0 Å². The summed E-state index contributed by atoms with van der Waals surface area (Å²) in [5.41, 5.74) is 6.39. The van der Waals surface area contributed by atoms with Crippen LogP contribution < -0.4 is 4.57 Å². The van der Waals surface area contributed by atoms with E-state index < -0.39 is 6.85 Å². The predicted octanol–water partition coefficient (Wildman–Crippen LogP) is 3.48. The fourth-order valence-electron chi connectivity index (χ4n) is 3.21. The van der Waals surface area contributed by atoms with Gasteiger partial charge >= 0.3 is 0 Å². The summed E-state index contributed by atoms with van der Waals surface area (Å²) in [7, 11) is 1.89. The van der Waals surface area contributed by atoms with Gasteiger partial charge in [0.05, 0.1) is 11.1 Å². The van der Waals surface area contributed by atoms with Crippen molar-refractivity contribution in [1.29, 1.82) is 0 Å². The maximum atomic E-state index is 7.72. The average Bonchev–Trinajstić information content (AvgIpc) is 3.09. The van der Waals surface area contributed by atoms with Crippen LogP contribution in [0.4, 0.5) is 0 Å². The third-order valence-electron chi connectivity index (χ3n) is 4.44. The van der Waals surface area contributed by atoms with Crippen molar-refractivity contribution in [3.8, 4) is 11.3 Å². The molecule has 0 aliphatic carbocycles. The minimum absolute atomic E-state index is 0.388. The number of benzene rings is 1. The molecule has 1 aliphatic heterocycles. The first-order valence-electron chi connectivity index (χ1n) is 8.95. The molecule has 0 amide bonds. The quantitative estimate of drug-likeness (QED) is 0.630. The molecule has 0 saturated heterocycles. The number of hydrogen-bond acceptors (Lipinski definition) is 1. The van der Waals surface area contributed by atoms with E-state index in [1.807, 2.05) is 24.6 Å². The monoisotopic (exact) mass is 293 g/mol. The van der Waals surface area contributed by atoms with Gasteiger partial charge in [-0.2, -0.15) is 0 Å². The second-order valence-electron chi connectivity index (χ2n) is 5.98. The number of imidazole rings is 1. The standard InChI is InChI=1S/C19H20N3/c1-12-7-8-15-19(20-17-6-5-9-22(15)17)18(12)16-10-13(2)14(3)11-21(16)4/h5,7-11H,6H2,1-4H3/q+1/i3D3. The van der Waals surface area contributed by atoms with Crippen LogP contribution in [0.3, 0.4) is 0 Å². The van der Waals surface area contributed by atoms with Gasteiger partial charge in [0.15, 0.2) is 6.20 Å². The highest BCUT2D eigenvalue weighted by molar-refractivity contribution is 5.94. The van der Waals surface area contributed by atoms with Gasteiger partial charge in [0.2, 0.25) is 5.69 Å². The molecule has 0 atom stereocenters. The second kappa shape index (κ2) is 4.54. The number of aryl methyl sites for hydroxylation is 4. The van der Waals surface area contributed by atoms with Gasteiger partial charge in [-0.15, -0.1) is 0 Å². The molecule has 2 aromatic heterocycles. The first kappa shape index (κ1) is 10.3. The van der Waals surface area contributed by atoms with E-state index in [0.29, 0.717) is 5.56 Å². The van der Waals surface area contributed by atoms with Crippen LogP contribution in [0.2, 0.25) is 0 Å². The van der Waals surface area contributed by atoms with Crippen molar-refractivity contribution in [2.24, 2.45) is 7.05 Å². The van der Waals surface area contributed by atoms with Crippen LogP contribution >= 0.6 is 0 Å². The minimum atomic E-state index is -2.11. The molecular weight excluding hydrogens is 270 g/mol. The molecule has 3 heterocycles. The number of rotatable bonds is 1. The Morgan fingerprint density at radius 1 is 1.23 bits per heavy atom. The van der Waals surface area contributed by atoms with E-state index in [2.05, 4.69) is 35.9 Å². The highest BCUT2D eigenvalue weighted by atomic mass is 15.1. The summed E-state index contributed by atoms with van der Waals surface area (Å²) < 4.78 is 27.2. The molecule has 0 fully saturated rings. The van der Waals surface area contributed by atoms with Gasteiger partial charge in [-0.25, -0.2) is 9.55 Å². The van der Waals surface area contributed by atoms with Crippen molar-refractivity contribution < 1.29 is 8.68 Å². The van der Waals surface area contributed by atoms with Crippen LogP contribution in [-0.4, -0.2) is 9.55 Å². The van der Waals surface area contributed by atoms with Gasteiger partial charge in [-0.1, -0.05) is 12.1 Å². The number of fused-ring (bicyclic) bond motifs is 3. The van der Waals surface area contributed by atoms with Crippen LogP contribution in [0, 0.1) is 20.7 Å². The average molecular weight is 293 g/mol. The number of aromatic nitrogens is 3. The minimum Gasteiger partial charge on any atom is -0.303 e. The third-order valence-corrected chi connectivity index (χ3v) is 4.44. The van der Waals surface area contributed by atoms with E-state index in [0.717, 1.165) is 45.7 Å². The highest BCUT2D eigenvalue weighted by Gasteiger charge is 2.22. The summed E-state index contributed by atoms with van der Waals surface area (Å²) in [5, 5.41) is 0. The zero-order chi connectivity index (χ0) is 17.9. The molecule has 0 N–H and O–H groups in total. The topological polar surface area (TPSA) is 21.7 Å². The smallest absolute Gasteiger partial charge is 0.215 e. The van der Waals surface area contributed by atoms with Crippen LogP contribution in [0.1, 0.15) is 26.6 Å². The molecule has 110 valence electrons. The summed E-state index contributed by atoms with van der Waals surface area (Å²) in [4.78, 5) is 4.85. The summed E-state index contributed by atoms with van der Waals surface area (Å²) in [6.45, 7) is 1.82. The van der Waals surface area contributed by atoms with Crippen molar-refractivity contribution in [2.75, 3.05) is 0 Å². The van der Waals surface area contributed by atoms with Crippen LogP contribution in [0.15, 0.2) is 30.5 Å². The maximum Gasteiger partial charge on any atom is 0.215 e. The summed E-state index contributed by atoms with van der Waals surface area (Å²) >= 11 is 0. The molecule has 0 unspecified atom stereocenters. The highest BCUT2D eigenvalue weighted by Crippen LogP contribution is 2.32. The van der Waals surface area contributed by atoms with E-state index in [-0.39, 0.29) is 0 Å².